The molecule has 100 valence electrons. The summed E-state index contributed by atoms with van der Waals surface area (Å²) in [5.41, 5.74) is 10.2. The molecule has 2 rings (SSSR count). The summed E-state index contributed by atoms with van der Waals surface area (Å²) in [7, 11) is 0. The molecule has 1 aromatic carbocycles. The summed E-state index contributed by atoms with van der Waals surface area (Å²) in [5, 5.41) is 0. The largest absolute Gasteiger partial charge is 0.366 e. The van der Waals surface area contributed by atoms with Crippen molar-refractivity contribution in [2.24, 2.45) is 11.7 Å². The highest BCUT2D eigenvalue weighted by atomic mass is 15.2. The molecule has 2 nitrogen and oxygen atoms in total. The molecule has 1 aromatic rings. The molecule has 0 amide bonds. The maximum Gasteiger partial charge on any atom is 0.0403 e. The van der Waals surface area contributed by atoms with Gasteiger partial charge in [-0.1, -0.05) is 12.1 Å². The van der Waals surface area contributed by atoms with Gasteiger partial charge in [0.15, 0.2) is 0 Å². The average molecular weight is 246 g/mol. The SMILES string of the molecule is Cc1ccc(C)c(N2CCCC(CN)C2(C)C)c1. The van der Waals surface area contributed by atoms with Crippen molar-refractivity contribution in [3.63, 3.8) is 0 Å². The van der Waals surface area contributed by atoms with E-state index in [2.05, 4.69) is 50.8 Å². The van der Waals surface area contributed by atoms with Gasteiger partial charge in [-0.05, 0) is 70.2 Å². The minimum Gasteiger partial charge on any atom is -0.366 e. The van der Waals surface area contributed by atoms with Gasteiger partial charge in [-0.25, -0.2) is 0 Å². The number of nitrogens with two attached hydrogens (primary N) is 1. The number of rotatable bonds is 2. The molecule has 1 atom stereocenters. The molecule has 1 aliphatic heterocycles. The standard InChI is InChI=1S/C16H26N2/c1-12-7-8-13(2)15(10-12)18-9-5-6-14(11-17)16(18,3)4/h7-8,10,14H,5-6,9,11,17H2,1-4H3. The van der Waals surface area contributed by atoms with Crippen molar-refractivity contribution >= 4 is 5.69 Å². The third-order valence-electron chi connectivity index (χ3n) is 4.57. The molecule has 1 aliphatic rings. The molecule has 2 heteroatoms. The normalized spacial score (nSPS) is 23.2. The van der Waals surface area contributed by atoms with Gasteiger partial charge in [0.25, 0.3) is 0 Å². The minimum atomic E-state index is 0.158. The highest BCUT2D eigenvalue weighted by Crippen LogP contribution is 2.38. The maximum atomic E-state index is 5.96. The Bertz CT molecular complexity index is 423. The number of piperidine rings is 1. The smallest absolute Gasteiger partial charge is 0.0403 e. The summed E-state index contributed by atoms with van der Waals surface area (Å²) < 4.78 is 0. The summed E-state index contributed by atoms with van der Waals surface area (Å²) >= 11 is 0. The van der Waals surface area contributed by atoms with E-state index in [9.17, 15) is 0 Å². The molecule has 1 fully saturated rings. The number of benzene rings is 1. The third-order valence-corrected chi connectivity index (χ3v) is 4.57. The van der Waals surface area contributed by atoms with E-state index < -0.39 is 0 Å². The van der Waals surface area contributed by atoms with Crippen molar-refractivity contribution < 1.29 is 0 Å². The topological polar surface area (TPSA) is 29.3 Å². The van der Waals surface area contributed by atoms with Gasteiger partial charge in [-0.15, -0.1) is 0 Å². The molecule has 0 spiro atoms. The van der Waals surface area contributed by atoms with Crippen LogP contribution < -0.4 is 10.6 Å². The lowest BCUT2D eigenvalue weighted by molar-refractivity contribution is 0.244. The van der Waals surface area contributed by atoms with E-state index in [1.165, 1.54) is 29.7 Å². The van der Waals surface area contributed by atoms with E-state index in [-0.39, 0.29) is 5.54 Å². The molecule has 0 saturated carbocycles. The minimum absolute atomic E-state index is 0.158. The monoisotopic (exact) mass is 246 g/mol. The van der Waals surface area contributed by atoms with Crippen molar-refractivity contribution in [3.05, 3.63) is 29.3 Å². The van der Waals surface area contributed by atoms with Crippen molar-refractivity contribution in [1.29, 1.82) is 0 Å². The fourth-order valence-electron chi connectivity index (χ4n) is 3.20. The first kappa shape index (κ1) is 13.4. The second kappa shape index (κ2) is 4.93. The number of hydrogen-bond acceptors (Lipinski definition) is 2. The van der Waals surface area contributed by atoms with Crippen LogP contribution >= 0.6 is 0 Å². The molecule has 0 bridgehead atoms. The maximum absolute atomic E-state index is 5.96. The van der Waals surface area contributed by atoms with Crippen LogP contribution in [0.3, 0.4) is 0 Å². The average Bonchev–Trinajstić information content (AvgIpc) is 2.32. The molecule has 1 unspecified atom stereocenters. The van der Waals surface area contributed by atoms with Gasteiger partial charge in [0.05, 0.1) is 0 Å². The Hall–Kier alpha value is -1.02. The van der Waals surface area contributed by atoms with Gasteiger partial charge in [0, 0.05) is 17.8 Å². The Morgan fingerprint density at radius 1 is 1.33 bits per heavy atom. The zero-order chi connectivity index (χ0) is 13.3. The van der Waals surface area contributed by atoms with E-state index in [1.807, 2.05) is 0 Å². The number of aryl methyl sites for hydroxylation is 2. The van der Waals surface area contributed by atoms with Crippen LogP contribution in [0, 0.1) is 19.8 Å². The van der Waals surface area contributed by atoms with E-state index in [0.29, 0.717) is 5.92 Å². The van der Waals surface area contributed by atoms with Crippen molar-refractivity contribution in [3.8, 4) is 0 Å². The first-order chi connectivity index (χ1) is 8.46. The first-order valence-electron chi connectivity index (χ1n) is 7.01. The summed E-state index contributed by atoms with van der Waals surface area (Å²) in [6.45, 7) is 11.0. The van der Waals surface area contributed by atoms with E-state index in [4.69, 9.17) is 5.73 Å². The number of anilines is 1. The van der Waals surface area contributed by atoms with E-state index >= 15 is 0 Å². The number of hydrogen-bond donors (Lipinski definition) is 1. The molecule has 0 radical (unpaired) electrons. The molecular weight excluding hydrogens is 220 g/mol. The molecule has 1 heterocycles. The zero-order valence-electron chi connectivity index (χ0n) is 12.2. The fraction of sp³-hybridized carbons (Fsp3) is 0.625. The zero-order valence-corrected chi connectivity index (χ0v) is 12.2. The van der Waals surface area contributed by atoms with Crippen molar-refractivity contribution in [1.82, 2.24) is 0 Å². The van der Waals surface area contributed by atoms with Crippen LogP contribution in [-0.2, 0) is 0 Å². The lowest BCUT2D eigenvalue weighted by Crippen LogP contribution is -2.55. The Labute approximate surface area is 111 Å². The molecule has 2 N–H and O–H groups in total. The molecule has 0 aliphatic carbocycles. The summed E-state index contributed by atoms with van der Waals surface area (Å²) in [6, 6.07) is 6.74. The number of nitrogens with zero attached hydrogens (tertiary/aromatic N) is 1. The van der Waals surface area contributed by atoms with Gasteiger partial charge in [0.1, 0.15) is 0 Å². The van der Waals surface area contributed by atoms with Gasteiger partial charge in [-0.2, -0.15) is 0 Å². The molecular formula is C16H26N2. The van der Waals surface area contributed by atoms with Crippen molar-refractivity contribution in [2.45, 2.75) is 46.1 Å². The van der Waals surface area contributed by atoms with Crippen LogP contribution in [0.15, 0.2) is 18.2 Å². The second-order valence-corrected chi connectivity index (χ2v) is 6.17. The van der Waals surface area contributed by atoms with Gasteiger partial charge >= 0.3 is 0 Å². The highest BCUT2D eigenvalue weighted by Gasteiger charge is 2.38. The second-order valence-electron chi connectivity index (χ2n) is 6.17. The predicted octanol–water partition coefficient (Wildman–Crippen LogP) is 3.26. The summed E-state index contributed by atoms with van der Waals surface area (Å²) in [6.07, 6.45) is 2.50. The summed E-state index contributed by atoms with van der Waals surface area (Å²) in [4.78, 5) is 2.57. The first-order valence-corrected chi connectivity index (χ1v) is 7.01. The third kappa shape index (κ3) is 2.26. The predicted molar refractivity (Wildman–Crippen MR) is 79.1 cm³/mol. The highest BCUT2D eigenvalue weighted by molar-refractivity contribution is 5.57. The van der Waals surface area contributed by atoms with E-state index in [1.54, 1.807) is 0 Å². The van der Waals surface area contributed by atoms with Gasteiger partial charge < -0.3 is 10.6 Å². The van der Waals surface area contributed by atoms with Gasteiger partial charge in [0.2, 0.25) is 0 Å². The quantitative estimate of drug-likeness (QED) is 0.868. The van der Waals surface area contributed by atoms with Crippen LogP contribution in [0.5, 0.6) is 0 Å². The van der Waals surface area contributed by atoms with Gasteiger partial charge in [-0.3, -0.25) is 0 Å². The lowest BCUT2D eigenvalue weighted by atomic mass is 9.78. The van der Waals surface area contributed by atoms with Crippen LogP contribution in [0.4, 0.5) is 5.69 Å². The van der Waals surface area contributed by atoms with E-state index in [0.717, 1.165) is 13.1 Å². The fourth-order valence-corrected chi connectivity index (χ4v) is 3.20. The van der Waals surface area contributed by atoms with Crippen molar-refractivity contribution in [2.75, 3.05) is 18.0 Å². The lowest BCUT2D eigenvalue weighted by Gasteiger charge is -2.50. The molecule has 1 saturated heterocycles. The Morgan fingerprint density at radius 3 is 2.72 bits per heavy atom. The Kier molecular flexibility index (Phi) is 3.67. The molecule has 0 aromatic heterocycles. The Morgan fingerprint density at radius 2 is 2.06 bits per heavy atom. The molecule has 18 heavy (non-hydrogen) atoms. The van der Waals surface area contributed by atoms with Crippen LogP contribution in [0.1, 0.15) is 37.8 Å². The van der Waals surface area contributed by atoms with Crippen LogP contribution in [0.2, 0.25) is 0 Å². The Balaban J connectivity index is 2.39. The van der Waals surface area contributed by atoms with Crippen LogP contribution in [-0.4, -0.2) is 18.6 Å². The van der Waals surface area contributed by atoms with Crippen LogP contribution in [0.25, 0.3) is 0 Å². The summed E-state index contributed by atoms with van der Waals surface area (Å²) in [5.74, 6) is 0.589.